The molecule has 1 aromatic rings. The summed E-state index contributed by atoms with van der Waals surface area (Å²) in [4.78, 5) is 2.38. The first-order valence-corrected chi connectivity index (χ1v) is 6.35. The van der Waals surface area contributed by atoms with Crippen LogP contribution in [0.5, 0.6) is 0 Å². The number of hydrogen-bond acceptors (Lipinski definition) is 2. The predicted octanol–water partition coefficient (Wildman–Crippen LogP) is 3.03. The molecule has 3 heteroatoms. The first-order chi connectivity index (χ1) is 8.08. The molecule has 0 spiro atoms. The molecule has 0 heterocycles. The third-order valence-electron chi connectivity index (χ3n) is 3.14. The van der Waals surface area contributed by atoms with E-state index >= 15 is 0 Å². The number of hydrogen-bond donors (Lipinski definition) is 1. The highest BCUT2D eigenvalue weighted by molar-refractivity contribution is 5.42. The highest BCUT2D eigenvalue weighted by Crippen LogP contribution is 2.30. The molecule has 0 bridgehead atoms. The Balaban J connectivity index is 2.08. The van der Waals surface area contributed by atoms with Gasteiger partial charge in [0.25, 0.3) is 0 Å². The minimum Gasteiger partial charge on any atom is -0.396 e. The first-order valence-electron chi connectivity index (χ1n) is 6.35. The fourth-order valence-electron chi connectivity index (χ4n) is 2.19. The molecule has 0 amide bonds. The maximum Gasteiger partial charge on any atom is 0.150 e. The molecule has 2 nitrogen and oxygen atoms in total. The SMILES string of the molecule is CC(C)CN(Cc1cccc(N)c1F)C1CC1. The fraction of sp³-hybridized carbons (Fsp3) is 0.571. The number of anilines is 1. The Kier molecular flexibility index (Phi) is 3.67. The van der Waals surface area contributed by atoms with Gasteiger partial charge in [0.1, 0.15) is 0 Å². The van der Waals surface area contributed by atoms with Gasteiger partial charge in [-0.15, -0.1) is 0 Å². The van der Waals surface area contributed by atoms with Crippen LogP contribution in [0.2, 0.25) is 0 Å². The number of halogens is 1. The first kappa shape index (κ1) is 12.4. The highest BCUT2D eigenvalue weighted by Gasteiger charge is 2.29. The van der Waals surface area contributed by atoms with Gasteiger partial charge >= 0.3 is 0 Å². The summed E-state index contributed by atoms with van der Waals surface area (Å²) in [6.07, 6.45) is 2.49. The van der Waals surface area contributed by atoms with Gasteiger partial charge in [-0.3, -0.25) is 4.90 Å². The van der Waals surface area contributed by atoms with E-state index in [9.17, 15) is 4.39 Å². The van der Waals surface area contributed by atoms with Crippen LogP contribution in [0, 0.1) is 11.7 Å². The zero-order valence-corrected chi connectivity index (χ0v) is 10.6. The van der Waals surface area contributed by atoms with Gasteiger partial charge in [0.2, 0.25) is 0 Å². The van der Waals surface area contributed by atoms with Gasteiger partial charge in [0.15, 0.2) is 5.82 Å². The maximum atomic E-state index is 13.8. The summed E-state index contributed by atoms with van der Waals surface area (Å²) in [5.41, 5.74) is 6.57. The third-order valence-corrected chi connectivity index (χ3v) is 3.14. The quantitative estimate of drug-likeness (QED) is 0.796. The molecule has 17 heavy (non-hydrogen) atoms. The van der Waals surface area contributed by atoms with Gasteiger partial charge in [-0.05, 0) is 24.8 Å². The molecule has 2 rings (SSSR count). The van der Waals surface area contributed by atoms with Crippen molar-refractivity contribution < 1.29 is 4.39 Å². The minimum atomic E-state index is -0.248. The molecule has 0 aliphatic heterocycles. The molecule has 2 N–H and O–H groups in total. The van der Waals surface area contributed by atoms with Crippen LogP contribution < -0.4 is 5.73 Å². The largest absolute Gasteiger partial charge is 0.396 e. The second-order valence-corrected chi connectivity index (χ2v) is 5.37. The summed E-state index contributed by atoms with van der Waals surface area (Å²) < 4.78 is 13.8. The summed E-state index contributed by atoms with van der Waals surface area (Å²) in [5.74, 6) is 0.363. The maximum absolute atomic E-state index is 13.8. The summed E-state index contributed by atoms with van der Waals surface area (Å²) in [6, 6.07) is 5.93. The van der Waals surface area contributed by atoms with Crippen molar-refractivity contribution in [2.75, 3.05) is 12.3 Å². The smallest absolute Gasteiger partial charge is 0.150 e. The van der Waals surface area contributed by atoms with Crippen LogP contribution in [0.1, 0.15) is 32.3 Å². The van der Waals surface area contributed by atoms with Gasteiger partial charge in [0, 0.05) is 24.7 Å². The van der Waals surface area contributed by atoms with E-state index < -0.39 is 0 Å². The third kappa shape index (κ3) is 3.19. The summed E-state index contributed by atoms with van der Waals surface area (Å²) in [7, 11) is 0. The molecule has 1 aromatic carbocycles. The Bertz CT molecular complexity index is 386. The van der Waals surface area contributed by atoms with Crippen LogP contribution in [0.3, 0.4) is 0 Å². The Morgan fingerprint density at radius 3 is 2.71 bits per heavy atom. The Morgan fingerprint density at radius 2 is 2.12 bits per heavy atom. The second-order valence-electron chi connectivity index (χ2n) is 5.37. The van der Waals surface area contributed by atoms with E-state index in [2.05, 4.69) is 18.7 Å². The molecule has 1 aliphatic rings. The summed E-state index contributed by atoms with van der Waals surface area (Å²) in [6.45, 7) is 6.11. The van der Waals surface area contributed by atoms with E-state index in [1.54, 1.807) is 6.07 Å². The van der Waals surface area contributed by atoms with Gasteiger partial charge < -0.3 is 5.73 Å². The van der Waals surface area contributed by atoms with Crippen LogP contribution >= 0.6 is 0 Å². The molecule has 0 unspecified atom stereocenters. The van der Waals surface area contributed by atoms with E-state index in [4.69, 9.17) is 5.73 Å². The van der Waals surface area contributed by atoms with Crippen molar-refractivity contribution in [2.45, 2.75) is 39.3 Å². The van der Waals surface area contributed by atoms with Crippen LogP contribution in [0.4, 0.5) is 10.1 Å². The minimum absolute atomic E-state index is 0.248. The average Bonchev–Trinajstić information content (AvgIpc) is 3.06. The zero-order chi connectivity index (χ0) is 12.4. The van der Waals surface area contributed by atoms with E-state index in [1.165, 1.54) is 12.8 Å². The second kappa shape index (κ2) is 5.05. The molecule has 1 aliphatic carbocycles. The molecule has 0 saturated heterocycles. The zero-order valence-electron chi connectivity index (χ0n) is 10.6. The standard InChI is InChI=1S/C14H21FN2/c1-10(2)8-17(12-6-7-12)9-11-4-3-5-13(16)14(11)15/h3-5,10,12H,6-9,16H2,1-2H3. The Hall–Kier alpha value is -1.09. The predicted molar refractivity (Wildman–Crippen MR) is 69.1 cm³/mol. The topological polar surface area (TPSA) is 29.3 Å². The van der Waals surface area contributed by atoms with Crippen molar-refractivity contribution in [3.8, 4) is 0 Å². The summed E-state index contributed by atoms with van der Waals surface area (Å²) >= 11 is 0. The lowest BCUT2D eigenvalue weighted by molar-refractivity contribution is 0.223. The molecule has 0 aromatic heterocycles. The molecule has 1 saturated carbocycles. The van der Waals surface area contributed by atoms with Crippen LogP contribution in [-0.4, -0.2) is 17.5 Å². The van der Waals surface area contributed by atoms with E-state index in [0.29, 0.717) is 18.5 Å². The average molecular weight is 236 g/mol. The van der Waals surface area contributed by atoms with E-state index in [0.717, 1.165) is 12.1 Å². The van der Waals surface area contributed by atoms with Gasteiger partial charge in [-0.25, -0.2) is 4.39 Å². The van der Waals surface area contributed by atoms with Crippen molar-refractivity contribution in [1.82, 2.24) is 4.90 Å². The van der Waals surface area contributed by atoms with Gasteiger partial charge in [-0.1, -0.05) is 26.0 Å². The van der Waals surface area contributed by atoms with E-state index in [1.807, 2.05) is 12.1 Å². The van der Waals surface area contributed by atoms with Crippen LogP contribution in [-0.2, 0) is 6.54 Å². The molecular weight excluding hydrogens is 215 g/mol. The van der Waals surface area contributed by atoms with Crippen LogP contribution in [0.15, 0.2) is 18.2 Å². The molecule has 0 radical (unpaired) electrons. The monoisotopic (exact) mass is 236 g/mol. The van der Waals surface area contributed by atoms with Crippen molar-refractivity contribution in [1.29, 1.82) is 0 Å². The Labute approximate surface area is 103 Å². The fourth-order valence-corrected chi connectivity index (χ4v) is 2.19. The molecule has 0 atom stereocenters. The number of benzene rings is 1. The highest BCUT2D eigenvalue weighted by atomic mass is 19.1. The normalized spacial score (nSPS) is 15.8. The lowest BCUT2D eigenvalue weighted by atomic mass is 10.1. The Morgan fingerprint density at radius 1 is 1.41 bits per heavy atom. The van der Waals surface area contributed by atoms with Crippen molar-refractivity contribution in [2.24, 2.45) is 5.92 Å². The molecule has 1 fully saturated rings. The van der Waals surface area contributed by atoms with Crippen molar-refractivity contribution in [3.63, 3.8) is 0 Å². The molecular formula is C14H21FN2. The number of nitrogens with two attached hydrogens (primary N) is 1. The van der Waals surface area contributed by atoms with Gasteiger partial charge in [0.05, 0.1) is 5.69 Å². The lowest BCUT2D eigenvalue weighted by Gasteiger charge is -2.24. The molecule has 94 valence electrons. The number of nitrogen functional groups attached to an aromatic ring is 1. The number of nitrogens with zero attached hydrogens (tertiary/aromatic N) is 1. The van der Waals surface area contributed by atoms with Gasteiger partial charge in [-0.2, -0.15) is 0 Å². The summed E-state index contributed by atoms with van der Waals surface area (Å²) in [5, 5.41) is 0. The number of rotatable bonds is 5. The lowest BCUT2D eigenvalue weighted by Crippen LogP contribution is -2.29. The van der Waals surface area contributed by atoms with E-state index in [-0.39, 0.29) is 11.5 Å². The van der Waals surface area contributed by atoms with Crippen LogP contribution in [0.25, 0.3) is 0 Å². The van der Waals surface area contributed by atoms with Crippen molar-refractivity contribution >= 4 is 5.69 Å². The van der Waals surface area contributed by atoms with Crippen molar-refractivity contribution in [3.05, 3.63) is 29.6 Å².